The highest BCUT2D eigenvalue weighted by atomic mass is 16.1. The number of imidazole rings is 1. The molecule has 0 N–H and O–H groups in total. The number of carbonyl (C=O) groups excluding carboxylic acids is 1. The van der Waals surface area contributed by atoms with Crippen molar-refractivity contribution in [3.8, 4) is 0 Å². The van der Waals surface area contributed by atoms with E-state index in [-0.39, 0.29) is 0 Å². The molecule has 0 atom stereocenters. The van der Waals surface area contributed by atoms with Crippen LogP contribution in [-0.2, 0) is 6.42 Å². The molecule has 0 amide bonds. The molecule has 3 rings (SSSR count). The lowest BCUT2D eigenvalue weighted by molar-refractivity contribution is 0.111. The molecular formula is C15H12N2O. The summed E-state index contributed by atoms with van der Waals surface area (Å²) in [6.45, 7) is 0. The van der Waals surface area contributed by atoms with Crippen molar-refractivity contribution >= 4 is 11.9 Å². The molecule has 0 bridgehead atoms. The summed E-state index contributed by atoms with van der Waals surface area (Å²) in [7, 11) is 0. The molecule has 0 aliphatic carbocycles. The van der Waals surface area contributed by atoms with Gasteiger partial charge in [-0.2, -0.15) is 0 Å². The van der Waals surface area contributed by atoms with E-state index in [1.165, 1.54) is 5.56 Å². The fourth-order valence-electron chi connectivity index (χ4n) is 2.07. The lowest BCUT2D eigenvalue weighted by atomic mass is 10.1. The van der Waals surface area contributed by atoms with E-state index in [1.54, 1.807) is 6.07 Å². The topological polar surface area (TPSA) is 34.4 Å². The zero-order valence-electron chi connectivity index (χ0n) is 9.78. The Morgan fingerprint density at radius 1 is 1.06 bits per heavy atom. The minimum absolute atomic E-state index is 0.624. The smallest absolute Gasteiger partial charge is 0.166 e. The summed E-state index contributed by atoms with van der Waals surface area (Å²) >= 11 is 0. The first-order chi connectivity index (χ1) is 8.86. The van der Waals surface area contributed by atoms with Crippen LogP contribution in [0.5, 0.6) is 0 Å². The number of rotatable bonds is 3. The molecule has 3 heteroatoms. The molecule has 0 saturated carbocycles. The van der Waals surface area contributed by atoms with Crippen molar-refractivity contribution in [2.75, 3.05) is 0 Å². The predicted molar refractivity (Wildman–Crippen MR) is 69.8 cm³/mol. The monoisotopic (exact) mass is 236 g/mol. The molecule has 18 heavy (non-hydrogen) atoms. The Bertz CT molecular complexity index is 686. The van der Waals surface area contributed by atoms with Gasteiger partial charge < -0.3 is 0 Å². The zero-order chi connectivity index (χ0) is 12.4. The molecule has 0 fully saturated rings. The molecule has 3 aromatic rings. The summed E-state index contributed by atoms with van der Waals surface area (Å²) in [5, 5.41) is 0. The normalized spacial score (nSPS) is 10.7. The minimum Gasteiger partial charge on any atom is -0.297 e. The Morgan fingerprint density at radius 2 is 1.89 bits per heavy atom. The lowest BCUT2D eigenvalue weighted by Crippen LogP contribution is -1.92. The maximum absolute atomic E-state index is 10.9. The molecule has 1 aromatic carbocycles. The van der Waals surface area contributed by atoms with Gasteiger partial charge in [-0.1, -0.05) is 36.4 Å². The summed E-state index contributed by atoms with van der Waals surface area (Å²) in [6.07, 6.45) is 3.55. The molecule has 0 saturated heterocycles. The van der Waals surface area contributed by atoms with Crippen molar-refractivity contribution in [2.45, 2.75) is 6.42 Å². The number of fused-ring (bicyclic) bond motifs is 1. The molecule has 3 nitrogen and oxygen atoms in total. The van der Waals surface area contributed by atoms with E-state index >= 15 is 0 Å². The average molecular weight is 236 g/mol. The fraction of sp³-hybridized carbons (Fsp3) is 0.0667. The highest BCUT2D eigenvalue weighted by molar-refractivity contribution is 5.73. The summed E-state index contributed by atoms with van der Waals surface area (Å²) in [5.74, 6) is 0. The number of aromatic nitrogens is 2. The molecule has 88 valence electrons. The summed E-state index contributed by atoms with van der Waals surface area (Å²) in [6, 6.07) is 15.7. The minimum atomic E-state index is 0.624. The van der Waals surface area contributed by atoms with Crippen LogP contribution in [0.3, 0.4) is 0 Å². The van der Waals surface area contributed by atoms with E-state index in [4.69, 9.17) is 0 Å². The Kier molecular flexibility index (Phi) is 2.65. The van der Waals surface area contributed by atoms with Gasteiger partial charge in [0, 0.05) is 12.6 Å². The van der Waals surface area contributed by atoms with Crippen molar-refractivity contribution in [3.63, 3.8) is 0 Å². The van der Waals surface area contributed by atoms with Gasteiger partial charge in [0.2, 0.25) is 0 Å². The molecule has 2 aromatic heterocycles. The Morgan fingerprint density at radius 3 is 2.67 bits per heavy atom. The third-order valence-electron chi connectivity index (χ3n) is 2.92. The Labute approximate surface area is 105 Å². The van der Waals surface area contributed by atoms with Crippen LogP contribution in [0.25, 0.3) is 5.65 Å². The number of benzene rings is 1. The maximum Gasteiger partial charge on any atom is 0.166 e. The van der Waals surface area contributed by atoms with E-state index in [1.807, 2.05) is 40.9 Å². The summed E-state index contributed by atoms with van der Waals surface area (Å²) in [5.41, 5.74) is 3.62. The van der Waals surface area contributed by atoms with Gasteiger partial charge in [0.05, 0.1) is 11.4 Å². The van der Waals surface area contributed by atoms with Gasteiger partial charge in [0.1, 0.15) is 5.65 Å². The van der Waals surface area contributed by atoms with Crippen LogP contribution in [0.1, 0.15) is 21.7 Å². The molecule has 0 aliphatic heterocycles. The van der Waals surface area contributed by atoms with E-state index in [9.17, 15) is 4.79 Å². The van der Waals surface area contributed by atoms with Crippen molar-refractivity contribution in [1.82, 2.24) is 9.38 Å². The van der Waals surface area contributed by atoms with E-state index in [2.05, 4.69) is 17.1 Å². The van der Waals surface area contributed by atoms with Crippen LogP contribution in [0.15, 0.2) is 54.7 Å². The van der Waals surface area contributed by atoms with Crippen LogP contribution in [0, 0.1) is 0 Å². The molecule has 0 radical (unpaired) electrons. The van der Waals surface area contributed by atoms with Gasteiger partial charge >= 0.3 is 0 Å². The second kappa shape index (κ2) is 4.45. The summed E-state index contributed by atoms with van der Waals surface area (Å²) < 4.78 is 1.82. The van der Waals surface area contributed by atoms with Gasteiger partial charge in [-0.05, 0) is 17.7 Å². The third-order valence-corrected chi connectivity index (χ3v) is 2.92. The number of carbonyl (C=O) groups is 1. The van der Waals surface area contributed by atoms with Crippen LogP contribution < -0.4 is 0 Å². The molecular weight excluding hydrogens is 224 g/mol. The van der Waals surface area contributed by atoms with E-state index < -0.39 is 0 Å². The SMILES string of the molecule is O=Cc1cccc2nc(Cc3ccccc3)cn12. The highest BCUT2D eigenvalue weighted by Gasteiger charge is 2.05. The Hall–Kier alpha value is -2.42. The number of hydrogen-bond acceptors (Lipinski definition) is 2. The zero-order valence-corrected chi connectivity index (χ0v) is 9.78. The number of pyridine rings is 1. The lowest BCUT2D eigenvalue weighted by Gasteiger charge is -1.96. The Balaban J connectivity index is 2.01. The van der Waals surface area contributed by atoms with Crippen LogP contribution in [0.2, 0.25) is 0 Å². The first-order valence-corrected chi connectivity index (χ1v) is 5.83. The van der Waals surface area contributed by atoms with Crippen LogP contribution in [0.4, 0.5) is 0 Å². The standard InChI is InChI=1S/C15H12N2O/c18-11-14-7-4-8-15-16-13(10-17(14)15)9-12-5-2-1-3-6-12/h1-8,10-11H,9H2. The largest absolute Gasteiger partial charge is 0.297 e. The second-order valence-electron chi connectivity index (χ2n) is 4.19. The molecule has 0 unspecified atom stereocenters. The molecule has 2 heterocycles. The van der Waals surface area contributed by atoms with Gasteiger partial charge in [-0.15, -0.1) is 0 Å². The highest BCUT2D eigenvalue weighted by Crippen LogP contribution is 2.12. The fourth-order valence-corrected chi connectivity index (χ4v) is 2.07. The quantitative estimate of drug-likeness (QED) is 0.655. The third kappa shape index (κ3) is 1.91. The van der Waals surface area contributed by atoms with Gasteiger partial charge in [0.15, 0.2) is 6.29 Å². The molecule has 0 spiro atoms. The van der Waals surface area contributed by atoms with E-state index in [0.29, 0.717) is 5.69 Å². The number of aldehydes is 1. The maximum atomic E-state index is 10.9. The van der Waals surface area contributed by atoms with Crippen LogP contribution in [-0.4, -0.2) is 15.7 Å². The first kappa shape index (κ1) is 10.7. The van der Waals surface area contributed by atoms with Gasteiger partial charge in [-0.25, -0.2) is 4.98 Å². The van der Waals surface area contributed by atoms with Crippen LogP contribution >= 0.6 is 0 Å². The number of nitrogens with zero attached hydrogens (tertiary/aromatic N) is 2. The predicted octanol–water partition coefficient (Wildman–Crippen LogP) is 2.74. The van der Waals surface area contributed by atoms with Gasteiger partial charge in [0.25, 0.3) is 0 Å². The summed E-state index contributed by atoms with van der Waals surface area (Å²) in [4.78, 5) is 15.5. The molecule has 0 aliphatic rings. The van der Waals surface area contributed by atoms with Gasteiger partial charge in [-0.3, -0.25) is 9.20 Å². The van der Waals surface area contributed by atoms with Crippen molar-refractivity contribution in [1.29, 1.82) is 0 Å². The second-order valence-corrected chi connectivity index (χ2v) is 4.19. The average Bonchev–Trinajstić information content (AvgIpc) is 2.82. The van der Waals surface area contributed by atoms with Crippen molar-refractivity contribution < 1.29 is 4.79 Å². The van der Waals surface area contributed by atoms with E-state index in [0.717, 1.165) is 24.0 Å². The first-order valence-electron chi connectivity index (χ1n) is 5.83. The van der Waals surface area contributed by atoms with Crippen molar-refractivity contribution in [3.05, 3.63) is 71.7 Å². The number of hydrogen-bond donors (Lipinski definition) is 0. The van der Waals surface area contributed by atoms with Crippen molar-refractivity contribution in [2.24, 2.45) is 0 Å².